The van der Waals surface area contributed by atoms with Crippen LogP contribution in [0.15, 0.2) is 18.2 Å². The molecule has 94 valence electrons. The zero-order valence-corrected chi connectivity index (χ0v) is 11.8. The molecule has 0 aliphatic rings. The van der Waals surface area contributed by atoms with Crippen LogP contribution in [0, 0.1) is 5.82 Å². The monoisotopic (exact) mass is 321 g/mol. The van der Waals surface area contributed by atoms with E-state index >= 15 is 0 Å². The quantitative estimate of drug-likeness (QED) is 0.821. The molecule has 0 aliphatic heterocycles. The lowest BCUT2D eigenvalue weighted by molar-refractivity contribution is 0.0931. The number of carbonyl (C=O) groups is 1. The molecule has 2 nitrogen and oxygen atoms in total. The number of halogens is 3. The Bertz CT molecular complexity index is 400. The summed E-state index contributed by atoms with van der Waals surface area (Å²) in [4.78, 5) is 11.8. The van der Waals surface area contributed by atoms with Crippen LogP contribution in [0.5, 0.6) is 0 Å². The average molecular weight is 323 g/mol. The minimum Gasteiger partial charge on any atom is -0.349 e. The van der Waals surface area contributed by atoms with Crippen LogP contribution in [0.1, 0.15) is 30.1 Å². The Morgan fingerprint density at radius 1 is 1.59 bits per heavy atom. The van der Waals surface area contributed by atoms with Gasteiger partial charge >= 0.3 is 0 Å². The molecule has 0 aliphatic carbocycles. The van der Waals surface area contributed by atoms with Crippen molar-refractivity contribution in [2.24, 2.45) is 0 Å². The van der Waals surface area contributed by atoms with Crippen molar-refractivity contribution in [3.8, 4) is 0 Å². The molecule has 0 bridgehead atoms. The lowest BCUT2D eigenvalue weighted by Crippen LogP contribution is -2.35. The third-order valence-electron chi connectivity index (χ3n) is 2.48. The fraction of sp³-hybridized carbons (Fsp3) is 0.417. The molecule has 0 spiro atoms. The first-order valence-electron chi connectivity index (χ1n) is 5.41. The highest BCUT2D eigenvalue weighted by Crippen LogP contribution is 2.18. The molecule has 1 N–H and O–H groups in total. The van der Waals surface area contributed by atoms with Crippen molar-refractivity contribution in [2.75, 3.05) is 5.33 Å². The summed E-state index contributed by atoms with van der Waals surface area (Å²) in [6, 6.07) is 4.45. The lowest BCUT2D eigenvalue weighted by atomic mass is 10.1. The van der Waals surface area contributed by atoms with Gasteiger partial charge in [0.2, 0.25) is 0 Å². The molecule has 1 amide bonds. The predicted octanol–water partition coefficient (Wildman–Crippen LogP) is 3.77. The molecule has 1 atom stereocenters. The summed E-state index contributed by atoms with van der Waals surface area (Å²) >= 11 is 8.94. The number of benzene rings is 1. The van der Waals surface area contributed by atoms with Crippen LogP contribution in [0.25, 0.3) is 0 Å². The number of hydrogen-bond acceptors (Lipinski definition) is 1. The largest absolute Gasteiger partial charge is 0.349 e. The number of rotatable bonds is 5. The van der Waals surface area contributed by atoms with Crippen molar-refractivity contribution in [1.82, 2.24) is 5.32 Å². The minimum atomic E-state index is -0.666. The Balaban J connectivity index is 2.79. The Labute approximate surface area is 114 Å². The molecule has 1 rings (SSSR count). The molecule has 0 heterocycles. The molecule has 0 fully saturated rings. The number of nitrogens with one attached hydrogen (secondary N) is 1. The standard InChI is InChI=1S/C12H14BrClFNO/c1-2-8(6-7-13)16-12(17)9-4-3-5-10(14)11(9)15/h3-5,8H,2,6-7H2,1H3,(H,16,17). The molecule has 0 aromatic heterocycles. The normalized spacial score (nSPS) is 12.2. The van der Waals surface area contributed by atoms with E-state index in [0.29, 0.717) is 0 Å². The fourth-order valence-corrected chi connectivity index (χ4v) is 2.18. The van der Waals surface area contributed by atoms with Crippen LogP contribution >= 0.6 is 27.5 Å². The maximum atomic E-state index is 13.6. The Hall–Kier alpha value is -0.610. The van der Waals surface area contributed by atoms with E-state index in [1.54, 1.807) is 6.07 Å². The Morgan fingerprint density at radius 2 is 2.29 bits per heavy atom. The summed E-state index contributed by atoms with van der Waals surface area (Å²) in [5.74, 6) is -1.09. The molecule has 17 heavy (non-hydrogen) atoms. The average Bonchev–Trinajstić information content (AvgIpc) is 2.31. The highest BCUT2D eigenvalue weighted by Gasteiger charge is 2.16. The van der Waals surface area contributed by atoms with E-state index in [0.717, 1.165) is 18.2 Å². The maximum absolute atomic E-state index is 13.6. The van der Waals surface area contributed by atoms with Gasteiger partial charge in [0.15, 0.2) is 5.82 Å². The number of hydrogen-bond donors (Lipinski definition) is 1. The highest BCUT2D eigenvalue weighted by atomic mass is 79.9. The van der Waals surface area contributed by atoms with Crippen molar-refractivity contribution >= 4 is 33.4 Å². The molecular weight excluding hydrogens is 308 g/mol. The Kier molecular flexibility index (Phi) is 5.92. The van der Waals surface area contributed by atoms with E-state index < -0.39 is 11.7 Å². The van der Waals surface area contributed by atoms with Crippen molar-refractivity contribution < 1.29 is 9.18 Å². The molecule has 5 heteroatoms. The Morgan fingerprint density at radius 3 is 2.88 bits per heavy atom. The van der Waals surface area contributed by atoms with Gasteiger partial charge in [0.05, 0.1) is 10.6 Å². The molecule has 0 saturated carbocycles. The molecule has 1 unspecified atom stereocenters. The fourth-order valence-electron chi connectivity index (χ4n) is 1.45. The van der Waals surface area contributed by atoms with Gasteiger partial charge < -0.3 is 5.32 Å². The second-order valence-corrected chi connectivity index (χ2v) is 4.86. The van der Waals surface area contributed by atoms with Crippen molar-refractivity contribution in [2.45, 2.75) is 25.8 Å². The first-order chi connectivity index (χ1) is 8.10. The topological polar surface area (TPSA) is 29.1 Å². The third kappa shape index (κ3) is 3.96. The van der Waals surface area contributed by atoms with E-state index in [1.807, 2.05) is 6.92 Å². The van der Waals surface area contributed by atoms with E-state index in [4.69, 9.17) is 11.6 Å². The second-order valence-electron chi connectivity index (χ2n) is 3.66. The first kappa shape index (κ1) is 14.5. The zero-order chi connectivity index (χ0) is 12.8. The summed E-state index contributed by atoms with van der Waals surface area (Å²) in [7, 11) is 0. The highest BCUT2D eigenvalue weighted by molar-refractivity contribution is 9.09. The van der Waals surface area contributed by atoms with Gasteiger partial charge in [0, 0.05) is 11.4 Å². The summed E-state index contributed by atoms with van der Waals surface area (Å²) in [6.45, 7) is 1.97. The lowest BCUT2D eigenvalue weighted by Gasteiger charge is -2.16. The van der Waals surface area contributed by atoms with Gasteiger partial charge in [0.25, 0.3) is 5.91 Å². The first-order valence-corrected chi connectivity index (χ1v) is 6.91. The van der Waals surface area contributed by atoms with Gasteiger partial charge in [-0.2, -0.15) is 0 Å². The van der Waals surface area contributed by atoms with E-state index in [9.17, 15) is 9.18 Å². The third-order valence-corrected chi connectivity index (χ3v) is 3.23. The predicted molar refractivity (Wildman–Crippen MR) is 71.4 cm³/mol. The van der Waals surface area contributed by atoms with Gasteiger partial charge in [-0.3, -0.25) is 4.79 Å². The summed E-state index contributed by atoms with van der Waals surface area (Å²) in [5.41, 5.74) is -0.00878. The second kappa shape index (κ2) is 6.97. The van der Waals surface area contributed by atoms with Crippen molar-refractivity contribution in [3.05, 3.63) is 34.6 Å². The number of alkyl halides is 1. The van der Waals surface area contributed by atoms with Gasteiger partial charge in [-0.1, -0.05) is 40.5 Å². The summed E-state index contributed by atoms with van der Waals surface area (Å²) in [5, 5.41) is 3.54. The van der Waals surface area contributed by atoms with Crippen LogP contribution in [-0.4, -0.2) is 17.3 Å². The van der Waals surface area contributed by atoms with Crippen molar-refractivity contribution in [1.29, 1.82) is 0 Å². The van der Waals surface area contributed by atoms with Crippen molar-refractivity contribution in [3.63, 3.8) is 0 Å². The van der Waals surface area contributed by atoms with Gasteiger partial charge in [-0.25, -0.2) is 4.39 Å². The summed E-state index contributed by atoms with van der Waals surface area (Å²) < 4.78 is 13.6. The van der Waals surface area contributed by atoms with E-state index in [2.05, 4.69) is 21.2 Å². The molecule has 1 aromatic rings. The summed E-state index contributed by atoms with van der Waals surface area (Å²) in [6.07, 6.45) is 1.62. The number of amides is 1. The van der Waals surface area contributed by atoms with Crippen LogP contribution in [0.3, 0.4) is 0 Å². The van der Waals surface area contributed by atoms with Crippen LogP contribution in [0.2, 0.25) is 5.02 Å². The molecule has 1 aromatic carbocycles. The van der Waals surface area contributed by atoms with E-state index in [-0.39, 0.29) is 16.6 Å². The number of carbonyl (C=O) groups excluding carboxylic acids is 1. The van der Waals surface area contributed by atoms with Crippen LogP contribution < -0.4 is 5.32 Å². The SMILES string of the molecule is CCC(CCBr)NC(=O)c1cccc(Cl)c1F. The van der Waals surface area contributed by atoms with Gasteiger partial charge in [0.1, 0.15) is 0 Å². The van der Waals surface area contributed by atoms with Crippen LogP contribution in [0.4, 0.5) is 4.39 Å². The van der Waals surface area contributed by atoms with Gasteiger partial charge in [-0.05, 0) is 25.0 Å². The van der Waals surface area contributed by atoms with Crippen LogP contribution in [-0.2, 0) is 0 Å². The zero-order valence-electron chi connectivity index (χ0n) is 9.47. The smallest absolute Gasteiger partial charge is 0.254 e. The van der Waals surface area contributed by atoms with E-state index in [1.165, 1.54) is 12.1 Å². The molecular formula is C12H14BrClFNO. The van der Waals surface area contributed by atoms with Gasteiger partial charge in [-0.15, -0.1) is 0 Å². The minimum absolute atomic E-state index is 0.00878. The molecule has 0 saturated heterocycles. The molecule has 0 radical (unpaired) electrons. The maximum Gasteiger partial charge on any atom is 0.254 e.